The van der Waals surface area contributed by atoms with Crippen LogP contribution in [-0.2, 0) is 45.5 Å². The van der Waals surface area contributed by atoms with E-state index in [9.17, 15) is 28.5 Å². The highest BCUT2D eigenvalue weighted by molar-refractivity contribution is 7.48. The molecular weight excluding hydrogens is 948 g/mol. The van der Waals surface area contributed by atoms with Gasteiger partial charge in [0.15, 0.2) is 5.65 Å². The molecule has 8 rings (SSSR count). The molecule has 0 spiro atoms. The molecule has 22 nitrogen and oxygen atoms in total. The van der Waals surface area contributed by atoms with E-state index < -0.39 is 38.4 Å². The monoisotopic (exact) mass is 1010 g/mol. The lowest BCUT2D eigenvalue weighted by Gasteiger charge is -2.36. The second-order valence-electron chi connectivity index (χ2n) is 18.4. The maximum atomic E-state index is 13.8. The summed E-state index contributed by atoms with van der Waals surface area (Å²) in [6.45, 7) is 12.0. The Balaban J connectivity index is 0.768. The average Bonchev–Trinajstić information content (AvgIpc) is 4.12. The van der Waals surface area contributed by atoms with Crippen LogP contribution in [0.1, 0.15) is 124 Å². The number of aryl methyl sites for hydroxylation is 2. The first-order valence-electron chi connectivity index (χ1n) is 24.8. The SMILES string of the molecule is CCCCOP(=O)(OCCCC)OCN1C(=O)CCC(N2Cc3cc(N4CCN(C(=O)CCCCc5nc(-c6ncc(NC(=O)Nc7cnc8ccnn8c7C(C)C)cc6C)no5)CC4)ccc3C2=O)C1=O. The van der Waals surface area contributed by atoms with E-state index in [4.69, 9.17) is 18.1 Å². The quantitative estimate of drug-likeness (QED) is 0.0387. The molecule has 7 heterocycles. The number of nitrogens with zero attached hydrogens (tertiary/aromatic N) is 10. The van der Waals surface area contributed by atoms with Crippen molar-refractivity contribution >= 4 is 60.2 Å². The Morgan fingerprint density at radius 2 is 1.68 bits per heavy atom. The molecule has 2 fully saturated rings. The van der Waals surface area contributed by atoms with Gasteiger partial charge in [-0.2, -0.15) is 10.1 Å². The number of phosphoric ester groups is 1. The molecule has 4 aromatic heterocycles. The largest absolute Gasteiger partial charge is 0.476 e. The van der Waals surface area contributed by atoms with Gasteiger partial charge in [-0.3, -0.25) is 42.6 Å². The molecule has 384 valence electrons. The van der Waals surface area contributed by atoms with E-state index in [0.717, 1.165) is 40.2 Å². The number of imide groups is 1. The Morgan fingerprint density at radius 3 is 2.40 bits per heavy atom. The first-order chi connectivity index (χ1) is 34.7. The molecule has 3 aliphatic heterocycles. The van der Waals surface area contributed by atoms with Gasteiger partial charge >= 0.3 is 13.9 Å². The number of piperidine rings is 1. The lowest BCUT2D eigenvalue weighted by atomic mass is 10.0. The molecule has 5 aromatic rings. The topological polar surface area (TPSA) is 249 Å². The van der Waals surface area contributed by atoms with Gasteiger partial charge in [-0.05, 0) is 80.3 Å². The van der Waals surface area contributed by atoms with Crippen molar-refractivity contribution in [1.82, 2.24) is 44.4 Å². The van der Waals surface area contributed by atoms with Crippen molar-refractivity contribution in [2.75, 3.05) is 61.7 Å². The minimum absolute atomic E-state index is 0.00857. The van der Waals surface area contributed by atoms with E-state index in [1.807, 2.05) is 51.7 Å². The first-order valence-corrected chi connectivity index (χ1v) is 26.3. The lowest BCUT2D eigenvalue weighted by Crippen LogP contribution is -2.55. The number of piperazine rings is 1. The third kappa shape index (κ3) is 12.0. The van der Waals surface area contributed by atoms with E-state index in [-0.39, 0.29) is 50.3 Å². The van der Waals surface area contributed by atoms with Gasteiger partial charge in [0.1, 0.15) is 18.5 Å². The van der Waals surface area contributed by atoms with Gasteiger partial charge in [-0.1, -0.05) is 45.7 Å². The maximum Gasteiger partial charge on any atom is 0.476 e. The Kier molecular flexibility index (Phi) is 16.7. The molecule has 0 radical (unpaired) electrons. The summed E-state index contributed by atoms with van der Waals surface area (Å²) in [5.41, 5.74) is 5.99. The number of hydrogen-bond donors (Lipinski definition) is 2. The minimum Gasteiger partial charge on any atom is -0.368 e. The molecule has 1 aromatic carbocycles. The number of fused-ring (bicyclic) bond motifs is 2. The molecular formula is C49H63N12O10P. The van der Waals surface area contributed by atoms with Gasteiger partial charge in [0, 0.05) is 69.3 Å². The highest BCUT2D eigenvalue weighted by Gasteiger charge is 2.44. The number of benzene rings is 1. The van der Waals surface area contributed by atoms with E-state index >= 15 is 0 Å². The highest BCUT2D eigenvalue weighted by Crippen LogP contribution is 2.50. The standard InChI is InChI=1S/C49H63N12O10P/c1-6-8-24-68-72(67,69-25-9-7-2)70-31-60-43(63)17-16-39(48(60)65)59-30-34-27-36(14-15-37(34)47(59)64)57-20-22-58(23-21-57)42(62)13-11-10-12-41-55-46(56-71-41)44-33(5)26-35(28-51-44)53-49(66)54-38-29-50-40-18-19-52-61(40)45(38)32(3)4/h14-15,18-19,26-29,32,39H,6-13,16-17,20-25,30-31H2,1-5H3,(H2,53,54,66). The number of hydrogen-bond acceptors (Lipinski definition) is 16. The molecule has 6 amide bonds. The number of likely N-dealkylation sites (tertiary alicyclic amines) is 1. The van der Waals surface area contributed by atoms with Crippen LogP contribution in [-0.4, -0.2) is 126 Å². The number of unbranched alkanes of at least 4 members (excludes halogenated alkanes) is 3. The zero-order chi connectivity index (χ0) is 50.9. The third-order valence-electron chi connectivity index (χ3n) is 12.9. The van der Waals surface area contributed by atoms with Gasteiger partial charge in [-0.25, -0.2) is 18.9 Å². The molecule has 23 heteroatoms. The second kappa shape index (κ2) is 23.3. The summed E-state index contributed by atoms with van der Waals surface area (Å²) < 4.78 is 37.1. The fourth-order valence-corrected chi connectivity index (χ4v) is 10.2. The predicted molar refractivity (Wildman–Crippen MR) is 265 cm³/mol. The number of carbonyl (C=O) groups is 5. The van der Waals surface area contributed by atoms with Crippen molar-refractivity contribution in [1.29, 1.82) is 0 Å². The van der Waals surface area contributed by atoms with Gasteiger partial charge in [-0.15, -0.1) is 0 Å². The van der Waals surface area contributed by atoms with E-state index in [0.29, 0.717) is 105 Å². The highest BCUT2D eigenvalue weighted by atomic mass is 31.2. The van der Waals surface area contributed by atoms with Crippen LogP contribution in [0.25, 0.3) is 17.2 Å². The van der Waals surface area contributed by atoms with Crippen molar-refractivity contribution in [3.8, 4) is 11.5 Å². The van der Waals surface area contributed by atoms with Crippen LogP contribution < -0.4 is 15.5 Å². The van der Waals surface area contributed by atoms with Crippen LogP contribution >= 0.6 is 7.82 Å². The van der Waals surface area contributed by atoms with Gasteiger partial charge in [0.25, 0.3) is 11.8 Å². The molecule has 0 aliphatic carbocycles. The molecule has 72 heavy (non-hydrogen) atoms. The van der Waals surface area contributed by atoms with Crippen LogP contribution in [0.15, 0.2) is 53.4 Å². The Bertz CT molecular complexity index is 2810. The summed E-state index contributed by atoms with van der Waals surface area (Å²) in [5.74, 6) is -0.473. The number of phosphoric acid groups is 1. The molecule has 1 atom stereocenters. The van der Waals surface area contributed by atoms with Crippen molar-refractivity contribution in [2.24, 2.45) is 0 Å². The van der Waals surface area contributed by atoms with Crippen molar-refractivity contribution in [3.63, 3.8) is 0 Å². The van der Waals surface area contributed by atoms with Crippen LogP contribution in [0.5, 0.6) is 0 Å². The van der Waals surface area contributed by atoms with Gasteiger partial charge in [0.05, 0.1) is 48.9 Å². The lowest BCUT2D eigenvalue weighted by molar-refractivity contribution is -0.156. The summed E-state index contributed by atoms with van der Waals surface area (Å²) >= 11 is 0. The molecule has 2 N–H and O–H groups in total. The fourth-order valence-electron chi connectivity index (χ4n) is 8.99. The molecule has 2 saturated heterocycles. The number of carbonyl (C=O) groups excluding carboxylic acids is 5. The second-order valence-corrected chi connectivity index (χ2v) is 20.1. The van der Waals surface area contributed by atoms with Gasteiger partial charge < -0.3 is 29.9 Å². The van der Waals surface area contributed by atoms with Crippen LogP contribution in [0.2, 0.25) is 0 Å². The summed E-state index contributed by atoms with van der Waals surface area (Å²) in [5, 5.41) is 14.2. The van der Waals surface area contributed by atoms with E-state index in [1.165, 1.54) is 11.1 Å². The fraction of sp³-hybridized carbons (Fsp3) is 0.510. The Hall–Kier alpha value is -6.61. The van der Waals surface area contributed by atoms with Crippen LogP contribution in [0.3, 0.4) is 0 Å². The predicted octanol–water partition coefficient (Wildman–Crippen LogP) is 7.50. The summed E-state index contributed by atoms with van der Waals surface area (Å²) in [4.78, 5) is 86.5. The number of amides is 6. The number of rotatable bonds is 22. The molecule has 0 bridgehead atoms. The number of urea groups is 1. The average molecular weight is 1010 g/mol. The zero-order valence-electron chi connectivity index (χ0n) is 41.5. The summed E-state index contributed by atoms with van der Waals surface area (Å²) in [6, 6.07) is 7.85. The summed E-state index contributed by atoms with van der Waals surface area (Å²) in [7, 11) is -4.04. The zero-order valence-corrected chi connectivity index (χ0v) is 42.4. The Morgan fingerprint density at radius 1 is 0.917 bits per heavy atom. The van der Waals surface area contributed by atoms with E-state index in [1.54, 1.807) is 35.1 Å². The van der Waals surface area contributed by atoms with Crippen molar-refractivity contribution in [2.45, 2.75) is 117 Å². The number of aromatic nitrogens is 6. The smallest absolute Gasteiger partial charge is 0.368 e. The number of pyridine rings is 1. The number of anilines is 3. The van der Waals surface area contributed by atoms with E-state index in [2.05, 4.69) is 40.7 Å². The van der Waals surface area contributed by atoms with Gasteiger partial charge in [0.2, 0.25) is 23.5 Å². The minimum atomic E-state index is -4.04. The van der Waals surface area contributed by atoms with Crippen molar-refractivity contribution in [3.05, 3.63) is 77.2 Å². The Labute approximate surface area is 417 Å². The normalized spacial score (nSPS) is 16.4. The van der Waals surface area contributed by atoms with Crippen LogP contribution in [0, 0.1) is 6.92 Å². The molecule has 0 saturated carbocycles. The molecule has 1 unspecified atom stereocenters. The third-order valence-corrected chi connectivity index (χ3v) is 14.3. The van der Waals surface area contributed by atoms with Crippen molar-refractivity contribution < 1.29 is 46.6 Å². The molecule has 3 aliphatic rings. The van der Waals surface area contributed by atoms with Crippen LogP contribution in [0.4, 0.5) is 21.9 Å². The maximum absolute atomic E-state index is 13.8. The summed E-state index contributed by atoms with van der Waals surface area (Å²) in [6.07, 6.45) is 10.0. The number of nitrogens with one attached hydrogen (secondary N) is 2. The first kappa shape index (κ1) is 51.7.